The highest BCUT2D eigenvalue weighted by atomic mass is 79.9. The van der Waals surface area contributed by atoms with Crippen LogP contribution in [-0.2, 0) is 4.79 Å². The summed E-state index contributed by atoms with van der Waals surface area (Å²) >= 11 is 3.13. The van der Waals surface area contributed by atoms with Gasteiger partial charge < -0.3 is 10.2 Å². The number of nitro groups is 1. The molecular formula is C12H14BrN3O3. The molecule has 2 rings (SSSR count). The van der Waals surface area contributed by atoms with Crippen LogP contribution in [0.1, 0.15) is 13.3 Å². The maximum absolute atomic E-state index is 12.1. The van der Waals surface area contributed by atoms with E-state index in [1.165, 1.54) is 6.07 Å². The number of amides is 1. The third-order valence-electron chi connectivity index (χ3n) is 3.09. The minimum Gasteiger partial charge on any atom is -0.311 e. The molecule has 1 aromatic carbocycles. The summed E-state index contributed by atoms with van der Waals surface area (Å²) in [5.74, 6) is -0.0292. The zero-order valence-electron chi connectivity index (χ0n) is 10.4. The Morgan fingerprint density at radius 3 is 2.95 bits per heavy atom. The Labute approximate surface area is 119 Å². The molecule has 0 aromatic heterocycles. The fraction of sp³-hybridized carbons (Fsp3) is 0.417. The summed E-state index contributed by atoms with van der Waals surface area (Å²) in [6, 6.07) is 4.55. The monoisotopic (exact) mass is 327 g/mol. The van der Waals surface area contributed by atoms with E-state index in [0.717, 1.165) is 13.0 Å². The first-order chi connectivity index (χ1) is 9.04. The van der Waals surface area contributed by atoms with Crippen molar-refractivity contribution in [2.75, 3.05) is 18.0 Å². The minimum atomic E-state index is -0.462. The number of rotatable bonds is 4. The van der Waals surface area contributed by atoms with Crippen LogP contribution in [0.15, 0.2) is 22.7 Å². The summed E-state index contributed by atoms with van der Waals surface area (Å²) in [5.41, 5.74) is 0.539. The summed E-state index contributed by atoms with van der Waals surface area (Å²) in [7, 11) is 0. The molecule has 1 N–H and O–H groups in total. The van der Waals surface area contributed by atoms with Crippen molar-refractivity contribution < 1.29 is 9.72 Å². The summed E-state index contributed by atoms with van der Waals surface area (Å²) in [4.78, 5) is 24.2. The normalized spacial score (nSPS) is 18.9. The summed E-state index contributed by atoms with van der Waals surface area (Å²) in [6.07, 6.45) is 0.719. The van der Waals surface area contributed by atoms with Gasteiger partial charge >= 0.3 is 0 Å². The Bertz CT molecular complexity index is 521. The number of anilines is 1. The molecule has 0 aliphatic carbocycles. The molecule has 0 radical (unpaired) electrons. The molecule has 1 aromatic rings. The number of nitrogens with one attached hydrogen (secondary N) is 1. The van der Waals surface area contributed by atoms with E-state index in [4.69, 9.17) is 0 Å². The van der Waals surface area contributed by atoms with Crippen LogP contribution in [0.3, 0.4) is 0 Å². The zero-order valence-corrected chi connectivity index (χ0v) is 12.0. The van der Waals surface area contributed by atoms with Gasteiger partial charge in [-0.25, -0.2) is 0 Å². The second-order valence-electron chi connectivity index (χ2n) is 4.28. The van der Waals surface area contributed by atoms with Crippen molar-refractivity contribution in [3.63, 3.8) is 0 Å². The second kappa shape index (κ2) is 5.66. The van der Waals surface area contributed by atoms with Crippen LogP contribution in [-0.4, -0.2) is 30.0 Å². The Morgan fingerprint density at radius 1 is 1.58 bits per heavy atom. The molecule has 6 nitrogen and oxygen atoms in total. The van der Waals surface area contributed by atoms with E-state index in [0.29, 0.717) is 16.7 Å². The largest absolute Gasteiger partial charge is 0.311 e. The van der Waals surface area contributed by atoms with E-state index in [1.807, 2.05) is 6.92 Å². The molecule has 1 amide bonds. The molecule has 1 unspecified atom stereocenters. The van der Waals surface area contributed by atoms with Gasteiger partial charge in [0.1, 0.15) is 0 Å². The van der Waals surface area contributed by atoms with Crippen molar-refractivity contribution in [1.29, 1.82) is 0 Å². The minimum absolute atomic E-state index is 0.0292. The molecule has 1 aliphatic rings. The quantitative estimate of drug-likeness (QED) is 0.678. The lowest BCUT2D eigenvalue weighted by molar-refractivity contribution is -0.385. The van der Waals surface area contributed by atoms with Crippen LogP contribution in [0.25, 0.3) is 0 Å². The van der Waals surface area contributed by atoms with Gasteiger partial charge in [0.25, 0.3) is 5.69 Å². The molecule has 1 saturated heterocycles. The van der Waals surface area contributed by atoms with Gasteiger partial charge in [0.15, 0.2) is 0 Å². The molecule has 1 atom stereocenters. The Hall–Kier alpha value is -1.47. The van der Waals surface area contributed by atoms with Gasteiger partial charge in [-0.05, 0) is 41.0 Å². The number of nitrogens with zero attached hydrogens (tertiary/aromatic N) is 2. The molecule has 1 heterocycles. The van der Waals surface area contributed by atoms with Crippen LogP contribution in [0, 0.1) is 10.1 Å². The summed E-state index contributed by atoms with van der Waals surface area (Å²) in [5, 5.41) is 14.0. The Balaban J connectivity index is 2.26. The van der Waals surface area contributed by atoms with Crippen LogP contribution in [0.5, 0.6) is 0 Å². The first-order valence-corrected chi connectivity index (χ1v) is 6.82. The number of hydrogen-bond acceptors (Lipinski definition) is 4. The van der Waals surface area contributed by atoms with Crippen molar-refractivity contribution in [2.45, 2.75) is 19.4 Å². The molecule has 19 heavy (non-hydrogen) atoms. The van der Waals surface area contributed by atoms with Crippen molar-refractivity contribution in [3.8, 4) is 0 Å². The lowest BCUT2D eigenvalue weighted by atomic mass is 10.2. The number of benzene rings is 1. The van der Waals surface area contributed by atoms with Gasteiger partial charge in [0, 0.05) is 12.6 Å². The van der Waals surface area contributed by atoms with Crippen molar-refractivity contribution in [3.05, 3.63) is 32.8 Å². The first-order valence-electron chi connectivity index (χ1n) is 6.03. The van der Waals surface area contributed by atoms with Gasteiger partial charge in [0.05, 0.1) is 21.1 Å². The van der Waals surface area contributed by atoms with E-state index in [-0.39, 0.29) is 17.6 Å². The van der Waals surface area contributed by atoms with Crippen LogP contribution in [0.2, 0.25) is 0 Å². The van der Waals surface area contributed by atoms with Crippen LogP contribution >= 0.6 is 15.9 Å². The van der Waals surface area contributed by atoms with Gasteiger partial charge in [-0.3, -0.25) is 14.9 Å². The number of hydrogen-bond donors (Lipinski definition) is 1. The van der Waals surface area contributed by atoms with Gasteiger partial charge in [-0.2, -0.15) is 0 Å². The average Bonchev–Trinajstić information content (AvgIpc) is 2.72. The topological polar surface area (TPSA) is 75.5 Å². The van der Waals surface area contributed by atoms with Crippen LogP contribution in [0.4, 0.5) is 11.4 Å². The SMILES string of the molecule is CCNC1CCN(c2ccc(Br)c([N+](=O)[O-])c2)C1=O. The standard InChI is InChI=1S/C12H14BrN3O3/c1-2-14-10-5-6-15(12(10)17)8-3-4-9(13)11(7-8)16(18)19/h3-4,7,10,14H,2,5-6H2,1H3. The maximum atomic E-state index is 12.1. The molecule has 0 saturated carbocycles. The molecule has 1 fully saturated rings. The van der Waals surface area contributed by atoms with Crippen LogP contribution < -0.4 is 10.2 Å². The predicted octanol–water partition coefficient (Wildman–Crippen LogP) is 2.07. The maximum Gasteiger partial charge on any atom is 0.285 e. The lowest BCUT2D eigenvalue weighted by Crippen LogP contribution is -2.38. The van der Waals surface area contributed by atoms with E-state index < -0.39 is 4.92 Å². The lowest BCUT2D eigenvalue weighted by Gasteiger charge is -2.17. The predicted molar refractivity (Wildman–Crippen MR) is 75.2 cm³/mol. The van der Waals surface area contributed by atoms with E-state index in [9.17, 15) is 14.9 Å². The second-order valence-corrected chi connectivity index (χ2v) is 5.14. The van der Waals surface area contributed by atoms with Crippen molar-refractivity contribution in [2.24, 2.45) is 0 Å². The van der Waals surface area contributed by atoms with E-state index in [1.54, 1.807) is 17.0 Å². The fourth-order valence-corrected chi connectivity index (χ4v) is 2.57. The first kappa shape index (κ1) is 14.0. The number of nitro benzene ring substituents is 1. The molecule has 1 aliphatic heterocycles. The smallest absolute Gasteiger partial charge is 0.285 e. The van der Waals surface area contributed by atoms with E-state index >= 15 is 0 Å². The third kappa shape index (κ3) is 2.76. The van der Waals surface area contributed by atoms with Crippen molar-refractivity contribution >= 4 is 33.2 Å². The number of carbonyl (C=O) groups excluding carboxylic acids is 1. The molecule has 0 bridgehead atoms. The molecular weight excluding hydrogens is 314 g/mol. The molecule has 102 valence electrons. The Morgan fingerprint density at radius 2 is 2.32 bits per heavy atom. The number of likely N-dealkylation sites (N-methyl/N-ethyl adjacent to an activating group) is 1. The van der Waals surface area contributed by atoms with Gasteiger partial charge in [-0.1, -0.05) is 6.92 Å². The highest BCUT2D eigenvalue weighted by Gasteiger charge is 2.32. The van der Waals surface area contributed by atoms with Gasteiger partial charge in [-0.15, -0.1) is 0 Å². The average molecular weight is 328 g/mol. The summed E-state index contributed by atoms with van der Waals surface area (Å²) in [6.45, 7) is 3.25. The number of halogens is 1. The molecule has 0 spiro atoms. The van der Waals surface area contributed by atoms with E-state index in [2.05, 4.69) is 21.2 Å². The van der Waals surface area contributed by atoms with Crippen molar-refractivity contribution in [1.82, 2.24) is 5.32 Å². The third-order valence-corrected chi connectivity index (χ3v) is 3.76. The van der Waals surface area contributed by atoms with Gasteiger partial charge in [0.2, 0.25) is 5.91 Å². The fourth-order valence-electron chi connectivity index (χ4n) is 2.18. The highest BCUT2D eigenvalue weighted by molar-refractivity contribution is 9.10. The number of carbonyl (C=O) groups is 1. The Kier molecular flexibility index (Phi) is 4.16. The highest BCUT2D eigenvalue weighted by Crippen LogP contribution is 2.31. The summed E-state index contributed by atoms with van der Waals surface area (Å²) < 4.78 is 0.413. The molecule has 7 heteroatoms. The zero-order chi connectivity index (χ0) is 14.0.